The van der Waals surface area contributed by atoms with Crippen LogP contribution in [0.4, 0.5) is 0 Å². The summed E-state index contributed by atoms with van der Waals surface area (Å²) in [5.41, 5.74) is 2.37. The number of nitrogens with one attached hydrogen (secondary N) is 1. The van der Waals surface area contributed by atoms with Crippen LogP contribution in [-0.4, -0.2) is 23.7 Å². The predicted octanol–water partition coefficient (Wildman–Crippen LogP) is 3.53. The molecule has 0 atom stereocenters. The second kappa shape index (κ2) is 8.78. The molecular formula is C20H21N3O2. The van der Waals surface area contributed by atoms with Crippen LogP contribution in [0.1, 0.15) is 35.3 Å². The number of carbonyl (C=O) groups is 1. The zero-order valence-corrected chi connectivity index (χ0v) is 14.0. The highest BCUT2D eigenvalue weighted by Crippen LogP contribution is 2.11. The van der Waals surface area contributed by atoms with Crippen molar-refractivity contribution in [2.45, 2.75) is 25.9 Å². The van der Waals surface area contributed by atoms with E-state index in [4.69, 9.17) is 4.74 Å². The van der Waals surface area contributed by atoms with Crippen molar-refractivity contribution in [1.29, 1.82) is 0 Å². The molecule has 2 aromatic rings. The fourth-order valence-corrected chi connectivity index (χ4v) is 2.45. The van der Waals surface area contributed by atoms with Crippen molar-refractivity contribution < 1.29 is 9.53 Å². The number of allylic oxidation sites excluding steroid dienone is 1. The summed E-state index contributed by atoms with van der Waals surface area (Å²) in [6.45, 7) is 0.943. The standard InChI is InChI=1S/C20H21N3O2/c24-20(22-13-11-17-6-4-5-12-21-17)16-9-10-18(23-14-16)15-25-19-7-2-1-3-8-19/h1-3,6-10,12,14H,4-5,11,13,15H2,(H,22,24). The van der Waals surface area contributed by atoms with Gasteiger partial charge in [-0.25, -0.2) is 0 Å². The van der Waals surface area contributed by atoms with Gasteiger partial charge in [0.1, 0.15) is 12.4 Å². The number of para-hydroxylation sites is 1. The number of aliphatic imine (C=N–C) groups is 1. The predicted molar refractivity (Wildman–Crippen MR) is 97.8 cm³/mol. The van der Waals surface area contributed by atoms with Gasteiger partial charge in [0.15, 0.2) is 0 Å². The van der Waals surface area contributed by atoms with Crippen LogP contribution in [0, 0.1) is 0 Å². The molecule has 1 amide bonds. The van der Waals surface area contributed by atoms with Gasteiger partial charge in [-0.05, 0) is 37.1 Å². The zero-order chi connectivity index (χ0) is 17.3. The van der Waals surface area contributed by atoms with Crippen molar-refractivity contribution in [1.82, 2.24) is 10.3 Å². The Morgan fingerprint density at radius 2 is 2.00 bits per heavy atom. The largest absolute Gasteiger partial charge is 0.487 e. The number of benzene rings is 1. The second-order valence-corrected chi connectivity index (χ2v) is 5.73. The van der Waals surface area contributed by atoms with Crippen LogP contribution in [-0.2, 0) is 6.61 Å². The number of carbonyl (C=O) groups excluding carboxylic acids is 1. The molecule has 128 valence electrons. The number of hydrogen-bond acceptors (Lipinski definition) is 4. The van der Waals surface area contributed by atoms with Crippen LogP contribution in [0.25, 0.3) is 0 Å². The summed E-state index contributed by atoms with van der Waals surface area (Å²) in [5, 5.41) is 2.90. The summed E-state index contributed by atoms with van der Waals surface area (Å²) in [7, 11) is 0. The summed E-state index contributed by atoms with van der Waals surface area (Å²) in [5.74, 6) is 0.675. The third kappa shape index (κ3) is 5.28. The lowest BCUT2D eigenvalue weighted by Gasteiger charge is -2.08. The quantitative estimate of drug-likeness (QED) is 0.842. The second-order valence-electron chi connectivity index (χ2n) is 5.73. The molecule has 0 saturated heterocycles. The molecule has 2 heterocycles. The first kappa shape index (κ1) is 16.9. The van der Waals surface area contributed by atoms with E-state index in [0.29, 0.717) is 18.7 Å². The number of nitrogens with zero attached hydrogens (tertiary/aromatic N) is 2. The molecule has 1 aromatic carbocycles. The zero-order valence-electron chi connectivity index (χ0n) is 14.0. The van der Waals surface area contributed by atoms with Gasteiger partial charge in [0, 0.05) is 31.1 Å². The number of ether oxygens (including phenoxy) is 1. The third-order valence-corrected chi connectivity index (χ3v) is 3.82. The monoisotopic (exact) mass is 335 g/mol. The van der Waals surface area contributed by atoms with Crippen LogP contribution in [0.2, 0.25) is 0 Å². The number of amides is 1. The van der Waals surface area contributed by atoms with E-state index in [2.05, 4.69) is 21.4 Å². The number of hydrogen-bond donors (Lipinski definition) is 1. The Kier molecular flexibility index (Phi) is 5.93. The summed E-state index contributed by atoms with van der Waals surface area (Å²) in [6, 6.07) is 13.2. The molecule has 5 nitrogen and oxygen atoms in total. The molecule has 0 radical (unpaired) electrons. The van der Waals surface area contributed by atoms with Crippen molar-refractivity contribution in [2.24, 2.45) is 4.99 Å². The van der Waals surface area contributed by atoms with Crippen LogP contribution in [0.3, 0.4) is 0 Å². The molecule has 0 bridgehead atoms. The average Bonchev–Trinajstić information content (AvgIpc) is 2.68. The molecule has 25 heavy (non-hydrogen) atoms. The van der Waals surface area contributed by atoms with Crippen LogP contribution in [0.5, 0.6) is 5.75 Å². The Labute approximate surface area is 147 Å². The maximum atomic E-state index is 12.1. The molecule has 1 aliphatic heterocycles. The van der Waals surface area contributed by atoms with Gasteiger partial charge >= 0.3 is 0 Å². The van der Waals surface area contributed by atoms with Gasteiger partial charge in [0.25, 0.3) is 5.91 Å². The minimum atomic E-state index is -0.122. The summed E-state index contributed by atoms with van der Waals surface area (Å²) < 4.78 is 5.64. The lowest BCUT2D eigenvalue weighted by atomic mass is 10.2. The molecule has 0 saturated carbocycles. The van der Waals surface area contributed by atoms with E-state index in [-0.39, 0.29) is 5.91 Å². The first-order chi connectivity index (χ1) is 12.3. The lowest BCUT2D eigenvalue weighted by Crippen LogP contribution is -2.25. The average molecular weight is 335 g/mol. The van der Waals surface area contributed by atoms with Crippen LogP contribution >= 0.6 is 0 Å². The van der Waals surface area contributed by atoms with E-state index >= 15 is 0 Å². The Morgan fingerprint density at radius 1 is 1.12 bits per heavy atom. The molecule has 0 unspecified atom stereocenters. The smallest absolute Gasteiger partial charge is 0.252 e. The highest BCUT2D eigenvalue weighted by Gasteiger charge is 2.07. The van der Waals surface area contributed by atoms with Gasteiger partial charge in [0.05, 0.1) is 11.3 Å². The molecule has 0 fully saturated rings. The Bertz CT molecular complexity index is 752. The van der Waals surface area contributed by atoms with E-state index in [9.17, 15) is 4.79 Å². The Hall–Kier alpha value is -2.95. The first-order valence-corrected chi connectivity index (χ1v) is 8.44. The van der Waals surface area contributed by atoms with Gasteiger partial charge in [-0.1, -0.05) is 24.3 Å². The van der Waals surface area contributed by atoms with Gasteiger partial charge < -0.3 is 10.1 Å². The topological polar surface area (TPSA) is 63.6 Å². The molecule has 0 aliphatic carbocycles. The summed E-state index contributed by atoms with van der Waals surface area (Å²) >= 11 is 0. The highest BCUT2D eigenvalue weighted by molar-refractivity contribution is 5.93. The highest BCUT2D eigenvalue weighted by atomic mass is 16.5. The fraction of sp³-hybridized carbons (Fsp3) is 0.250. The third-order valence-electron chi connectivity index (χ3n) is 3.82. The van der Waals surface area contributed by atoms with Crippen molar-refractivity contribution in [3.05, 3.63) is 71.7 Å². The molecule has 1 N–H and O–H groups in total. The van der Waals surface area contributed by atoms with Crippen molar-refractivity contribution in [2.75, 3.05) is 6.54 Å². The maximum Gasteiger partial charge on any atom is 0.252 e. The SMILES string of the molecule is O=C(NCCC1=CCCC=N1)c1ccc(COc2ccccc2)nc1. The molecular weight excluding hydrogens is 314 g/mol. The van der Waals surface area contributed by atoms with Gasteiger partial charge in [-0.3, -0.25) is 14.8 Å². The van der Waals surface area contributed by atoms with E-state index < -0.39 is 0 Å². The van der Waals surface area contributed by atoms with Gasteiger partial charge in [0.2, 0.25) is 0 Å². The fourth-order valence-electron chi connectivity index (χ4n) is 2.45. The minimum Gasteiger partial charge on any atom is -0.487 e. The Balaban J connectivity index is 1.45. The molecule has 1 aliphatic rings. The first-order valence-electron chi connectivity index (χ1n) is 8.44. The van der Waals surface area contributed by atoms with E-state index in [1.807, 2.05) is 42.6 Å². The summed E-state index contributed by atoms with van der Waals surface area (Å²) in [6.07, 6.45) is 8.41. The van der Waals surface area contributed by atoms with Crippen molar-refractivity contribution in [3.8, 4) is 5.75 Å². The van der Waals surface area contributed by atoms with Crippen LogP contribution in [0.15, 0.2) is 65.4 Å². The maximum absolute atomic E-state index is 12.1. The molecule has 5 heteroatoms. The minimum absolute atomic E-state index is 0.122. The normalized spacial score (nSPS) is 13.2. The van der Waals surface area contributed by atoms with Crippen molar-refractivity contribution >= 4 is 12.1 Å². The van der Waals surface area contributed by atoms with E-state index in [0.717, 1.165) is 36.4 Å². The van der Waals surface area contributed by atoms with Crippen LogP contribution < -0.4 is 10.1 Å². The molecule has 0 spiro atoms. The van der Waals surface area contributed by atoms with Gasteiger partial charge in [-0.2, -0.15) is 0 Å². The number of rotatable bonds is 7. The molecule has 3 rings (SSSR count). The molecule has 1 aromatic heterocycles. The van der Waals surface area contributed by atoms with E-state index in [1.54, 1.807) is 12.3 Å². The van der Waals surface area contributed by atoms with E-state index in [1.165, 1.54) is 0 Å². The number of pyridine rings is 1. The van der Waals surface area contributed by atoms with Gasteiger partial charge in [-0.15, -0.1) is 0 Å². The summed E-state index contributed by atoms with van der Waals surface area (Å²) in [4.78, 5) is 20.7. The Morgan fingerprint density at radius 3 is 2.72 bits per heavy atom. The lowest BCUT2D eigenvalue weighted by molar-refractivity contribution is 0.0953. The number of aromatic nitrogens is 1. The van der Waals surface area contributed by atoms with Crippen molar-refractivity contribution in [3.63, 3.8) is 0 Å².